The molecular formula is C9H8FNO6. The summed E-state index contributed by atoms with van der Waals surface area (Å²) in [5.41, 5.74) is -0.576. The van der Waals surface area contributed by atoms with Crippen molar-refractivity contribution in [1.29, 1.82) is 0 Å². The average Bonchev–Trinajstić information content (AvgIpc) is 2.29. The smallest absolute Gasteiger partial charge is 0.378 e. The van der Waals surface area contributed by atoms with Gasteiger partial charge in [0.2, 0.25) is 5.75 Å². The van der Waals surface area contributed by atoms with E-state index in [4.69, 9.17) is 9.84 Å². The Morgan fingerprint density at radius 3 is 2.71 bits per heavy atom. The molecule has 17 heavy (non-hydrogen) atoms. The zero-order valence-corrected chi connectivity index (χ0v) is 8.62. The number of nitro benzene ring substituents is 1. The Bertz CT molecular complexity index is 449. The number of halogens is 1. The van der Waals surface area contributed by atoms with Crippen LogP contribution >= 0.6 is 0 Å². The standard InChI is InChI=1S/C9H8FNO6/c1-16-5-2-3-7(6(4-5)11(14)15)17-8(10)9(12)13/h2-4,8H,1H3,(H,12,13). The summed E-state index contributed by atoms with van der Waals surface area (Å²) >= 11 is 0. The van der Waals surface area contributed by atoms with Gasteiger partial charge >= 0.3 is 18.0 Å². The molecule has 1 aromatic carbocycles. The third-order valence-electron chi connectivity index (χ3n) is 1.79. The second-order valence-corrected chi connectivity index (χ2v) is 2.86. The summed E-state index contributed by atoms with van der Waals surface area (Å²) < 4.78 is 21.8. The summed E-state index contributed by atoms with van der Waals surface area (Å²) in [5.74, 6) is -2.17. The molecule has 0 saturated carbocycles. The Morgan fingerprint density at radius 2 is 2.24 bits per heavy atom. The molecule has 0 bridgehead atoms. The van der Waals surface area contributed by atoms with Crippen molar-refractivity contribution < 1.29 is 28.7 Å². The molecule has 8 heteroatoms. The lowest BCUT2D eigenvalue weighted by Crippen LogP contribution is -2.21. The second-order valence-electron chi connectivity index (χ2n) is 2.86. The molecule has 1 atom stereocenters. The van der Waals surface area contributed by atoms with Crippen LogP contribution in [0.2, 0.25) is 0 Å². The van der Waals surface area contributed by atoms with Crippen molar-refractivity contribution in [2.75, 3.05) is 7.11 Å². The summed E-state index contributed by atoms with van der Waals surface area (Å²) in [5, 5.41) is 18.9. The third kappa shape index (κ3) is 3.03. The Labute approximate surface area is 94.5 Å². The normalized spacial score (nSPS) is 11.6. The number of ether oxygens (including phenoxy) is 2. The average molecular weight is 245 g/mol. The molecule has 0 heterocycles. The number of nitrogens with zero attached hydrogens (tertiary/aromatic N) is 1. The summed E-state index contributed by atoms with van der Waals surface area (Å²) in [4.78, 5) is 20.0. The van der Waals surface area contributed by atoms with Gasteiger partial charge in [0.1, 0.15) is 5.75 Å². The van der Waals surface area contributed by atoms with Crippen molar-refractivity contribution >= 4 is 11.7 Å². The van der Waals surface area contributed by atoms with E-state index in [1.54, 1.807) is 0 Å². The molecule has 1 unspecified atom stereocenters. The van der Waals surface area contributed by atoms with Gasteiger partial charge in [-0.1, -0.05) is 0 Å². The summed E-state index contributed by atoms with van der Waals surface area (Å²) in [6.07, 6.45) is -2.66. The SMILES string of the molecule is COc1ccc(OC(F)C(=O)O)c([N+](=O)[O-])c1. The number of rotatable bonds is 5. The first-order valence-electron chi connectivity index (χ1n) is 4.31. The second kappa shape index (κ2) is 5.10. The number of aliphatic carboxylic acids is 1. The predicted molar refractivity (Wildman–Crippen MR) is 52.8 cm³/mol. The highest BCUT2D eigenvalue weighted by Crippen LogP contribution is 2.31. The van der Waals surface area contributed by atoms with Crippen molar-refractivity contribution in [3.05, 3.63) is 28.3 Å². The van der Waals surface area contributed by atoms with Gasteiger partial charge in [-0.3, -0.25) is 10.1 Å². The molecule has 0 aliphatic carbocycles. The summed E-state index contributed by atoms with van der Waals surface area (Å²) in [6, 6.07) is 3.35. The van der Waals surface area contributed by atoms with E-state index in [2.05, 4.69) is 4.74 Å². The maximum atomic E-state index is 12.8. The van der Waals surface area contributed by atoms with E-state index in [9.17, 15) is 19.3 Å². The highest BCUT2D eigenvalue weighted by atomic mass is 19.1. The lowest BCUT2D eigenvalue weighted by molar-refractivity contribution is -0.386. The highest BCUT2D eigenvalue weighted by molar-refractivity contribution is 5.71. The van der Waals surface area contributed by atoms with Crippen LogP contribution in [0.1, 0.15) is 0 Å². The van der Waals surface area contributed by atoms with E-state index in [1.165, 1.54) is 13.2 Å². The van der Waals surface area contributed by atoms with Crippen molar-refractivity contribution in [3.8, 4) is 11.5 Å². The molecule has 7 nitrogen and oxygen atoms in total. The van der Waals surface area contributed by atoms with Gasteiger partial charge in [-0.25, -0.2) is 4.79 Å². The molecule has 0 saturated heterocycles. The lowest BCUT2D eigenvalue weighted by Gasteiger charge is -2.08. The number of carboxylic acids is 1. The molecule has 0 aliphatic heterocycles. The van der Waals surface area contributed by atoms with Gasteiger partial charge in [0.25, 0.3) is 0 Å². The summed E-state index contributed by atoms with van der Waals surface area (Å²) in [7, 11) is 1.30. The van der Waals surface area contributed by atoms with Crippen molar-refractivity contribution in [2.45, 2.75) is 6.36 Å². The van der Waals surface area contributed by atoms with Gasteiger partial charge in [-0.15, -0.1) is 0 Å². The van der Waals surface area contributed by atoms with Crippen molar-refractivity contribution in [2.24, 2.45) is 0 Å². The number of carbonyl (C=O) groups is 1. The van der Waals surface area contributed by atoms with E-state index in [1.807, 2.05) is 0 Å². The monoisotopic (exact) mass is 245 g/mol. The van der Waals surface area contributed by atoms with Gasteiger partial charge in [0.15, 0.2) is 0 Å². The Hall–Kier alpha value is -2.38. The van der Waals surface area contributed by atoms with Crippen LogP contribution in [0.15, 0.2) is 18.2 Å². The van der Waals surface area contributed by atoms with Crippen LogP contribution < -0.4 is 9.47 Å². The first-order chi connectivity index (χ1) is 7.95. The molecule has 1 N–H and O–H groups in total. The van der Waals surface area contributed by atoms with Gasteiger partial charge in [-0.2, -0.15) is 4.39 Å². The molecule has 0 aliphatic rings. The maximum Gasteiger partial charge on any atom is 0.378 e. The van der Waals surface area contributed by atoms with Crippen LogP contribution in [0.5, 0.6) is 11.5 Å². The Kier molecular flexibility index (Phi) is 3.81. The number of hydrogen-bond donors (Lipinski definition) is 1. The van der Waals surface area contributed by atoms with E-state index >= 15 is 0 Å². The van der Waals surface area contributed by atoms with Gasteiger partial charge < -0.3 is 14.6 Å². The largest absolute Gasteiger partial charge is 0.496 e. The highest BCUT2D eigenvalue weighted by Gasteiger charge is 2.23. The van der Waals surface area contributed by atoms with Crippen LogP contribution in [-0.4, -0.2) is 29.5 Å². The van der Waals surface area contributed by atoms with E-state index in [0.29, 0.717) is 0 Å². The molecule has 92 valence electrons. The van der Waals surface area contributed by atoms with Crippen LogP contribution in [0.3, 0.4) is 0 Å². The topological polar surface area (TPSA) is 98.9 Å². The molecule has 0 amide bonds. The fourth-order valence-corrected chi connectivity index (χ4v) is 1.03. The van der Waals surface area contributed by atoms with Crippen molar-refractivity contribution in [1.82, 2.24) is 0 Å². The van der Waals surface area contributed by atoms with Crippen molar-refractivity contribution in [3.63, 3.8) is 0 Å². The number of alkyl halides is 1. The molecule has 0 aromatic heterocycles. The van der Waals surface area contributed by atoms with Crippen LogP contribution in [0.4, 0.5) is 10.1 Å². The van der Waals surface area contributed by atoms with E-state index < -0.39 is 28.7 Å². The van der Waals surface area contributed by atoms with E-state index in [-0.39, 0.29) is 5.75 Å². The lowest BCUT2D eigenvalue weighted by atomic mass is 10.3. The van der Waals surface area contributed by atoms with Gasteiger partial charge in [0, 0.05) is 0 Å². The molecule has 1 rings (SSSR count). The minimum Gasteiger partial charge on any atom is -0.496 e. The maximum absolute atomic E-state index is 12.8. The van der Waals surface area contributed by atoms with E-state index in [0.717, 1.165) is 12.1 Å². The third-order valence-corrected chi connectivity index (χ3v) is 1.79. The number of methoxy groups -OCH3 is 1. The molecular weight excluding hydrogens is 237 g/mol. The predicted octanol–water partition coefficient (Wildman–Crippen LogP) is 1.36. The first-order valence-corrected chi connectivity index (χ1v) is 4.31. The number of benzene rings is 1. The van der Waals surface area contributed by atoms with Crippen LogP contribution in [0, 0.1) is 10.1 Å². The summed E-state index contributed by atoms with van der Waals surface area (Å²) in [6.45, 7) is 0. The molecule has 1 aromatic rings. The quantitative estimate of drug-likeness (QED) is 0.621. The molecule has 0 fully saturated rings. The van der Waals surface area contributed by atoms with Gasteiger partial charge in [-0.05, 0) is 12.1 Å². The fourth-order valence-electron chi connectivity index (χ4n) is 1.03. The minimum absolute atomic E-state index is 0.176. The number of carboxylic acid groups (broad SMARTS) is 1. The fraction of sp³-hybridized carbons (Fsp3) is 0.222. The zero-order valence-electron chi connectivity index (χ0n) is 8.62. The molecule has 0 spiro atoms. The van der Waals surface area contributed by atoms with Crippen LogP contribution in [0.25, 0.3) is 0 Å². The Morgan fingerprint density at radius 1 is 1.59 bits per heavy atom. The Balaban J connectivity index is 3.06. The van der Waals surface area contributed by atoms with Crippen LogP contribution in [-0.2, 0) is 4.79 Å². The minimum atomic E-state index is -2.66. The number of hydrogen-bond acceptors (Lipinski definition) is 5. The van der Waals surface area contributed by atoms with Gasteiger partial charge in [0.05, 0.1) is 18.1 Å². The first kappa shape index (κ1) is 12.7. The number of nitro groups is 1. The molecule has 0 radical (unpaired) electrons. The zero-order chi connectivity index (χ0) is 13.0.